The molecule has 0 aliphatic rings. The van der Waals surface area contributed by atoms with Gasteiger partial charge in [0.05, 0.1) is 31.5 Å². The second kappa shape index (κ2) is 57.6. The molecule has 0 saturated heterocycles. The summed E-state index contributed by atoms with van der Waals surface area (Å²) < 4.78 is 36.1. The van der Waals surface area contributed by atoms with Crippen LogP contribution in [0.5, 0.6) is 5.75 Å². The monoisotopic (exact) mass is 1310 g/mol. The third-order valence-electron chi connectivity index (χ3n) is 18.7. The molecule has 1 rings (SSSR count). The van der Waals surface area contributed by atoms with Gasteiger partial charge in [-0.2, -0.15) is 0 Å². The van der Waals surface area contributed by atoms with Gasteiger partial charge in [0.2, 0.25) is 11.8 Å². The van der Waals surface area contributed by atoms with E-state index in [-0.39, 0.29) is 47.0 Å². The summed E-state index contributed by atoms with van der Waals surface area (Å²) >= 11 is 0. The van der Waals surface area contributed by atoms with Crippen molar-refractivity contribution in [2.75, 3.05) is 72.9 Å². The van der Waals surface area contributed by atoms with Gasteiger partial charge in [-0.05, 0) is 121 Å². The maximum Gasteiger partial charge on any atom is 0.407 e. The number of nitrogens with one attached hydrogen (secondary N) is 4. The Balaban J connectivity index is 2.32. The minimum Gasteiger partial charge on any atom is -0.497 e. The molecule has 0 saturated carbocycles. The van der Waals surface area contributed by atoms with Crippen molar-refractivity contribution in [2.45, 2.75) is 363 Å². The van der Waals surface area contributed by atoms with Gasteiger partial charge >= 0.3 is 6.09 Å². The van der Waals surface area contributed by atoms with Gasteiger partial charge in [-0.25, -0.2) is 4.79 Å². The first-order valence-electron chi connectivity index (χ1n) is 38.7. The third-order valence-corrected chi connectivity index (χ3v) is 18.7. The number of benzene rings is 1. The van der Waals surface area contributed by atoms with E-state index in [2.05, 4.69) is 76.7 Å². The van der Waals surface area contributed by atoms with Crippen LogP contribution in [0.25, 0.3) is 0 Å². The van der Waals surface area contributed by atoms with Crippen LogP contribution in [0, 0.1) is 10.8 Å². The second-order valence-corrected chi connectivity index (χ2v) is 29.5. The molecule has 0 aliphatic heterocycles. The number of hydrogen-bond acceptors (Lipinski definition) is 10. The van der Waals surface area contributed by atoms with E-state index in [9.17, 15) is 19.2 Å². The van der Waals surface area contributed by atoms with Crippen molar-refractivity contribution in [3.63, 3.8) is 0 Å². The number of carbonyl (C=O) groups excluding carboxylic acids is 4. The fraction of sp³-hybridized carbons (Fsp3) is 0.873. The highest BCUT2D eigenvalue weighted by molar-refractivity contribution is 5.94. The average Bonchev–Trinajstić information content (AvgIpc) is 1.77. The lowest BCUT2D eigenvalue weighted by molar-refractivity contribution is -0.131. The molecule has 4 N–H and O–H groups in total. The molecule has 2 unspecified atom stereocenters. The highest BCUT2D eigenvalue weighted by atomic mass is 16.6. The van der Waals surface area contributed by atoms with Crippen LogP contribution in [0.4, 0.5) is 4.79 Å². The van der Waals surface area contributed by atoms with Crippen LogP contribution >= 0.6 is 0 Å². The summed E-state index contributed by atoms with van der Waals surface area (Å²) in [5.41, 5.74) is -0.806. The molecule has 2 atom stereocenters. The van der Waals surface area contributed by atoms with Gasteiger partial charge in [0.25, 0.3) is 5.91 Å². The molecule has 4 amide bonds. The third kappa shape index (κ3) is 52.4. The van der Waals surface area contributed by atoms with Gasteiger partial charge in [0, 0.05) is 63.4 Å². The predicted molar refractivity (Wildman–Crippen MR) is 389 cm³/mol. The summed E-state index contributed by atoms with van der Waals surface area (Å²) in [4.78, 5) is 51.3. The van der Waals surface area contributed by atoms with E-state index >= 15 is 0 Å². The Morgan fingerprint density at radius 3 is 1.42 bits per heavy atom. The predicted octanol–water partition coefficient (Wildman–Crippen LogP) is 20.2. The highest BCUT2D eigenvalue weighted by Crippen LogP contribution is 2.37. The standard InChI is InChI=1S/C79H148N4O10/c1-12-15-17-19-21-23-25-27-29-31-33-35-37-39-41-46-62-89-66-71(90-63-47-42-40-38-36-34-32-30-28-26-24-22-20-18-16-13-2)67-91-75(87)83-58-45-43-44-50-72(84)80-59-48-55-79(10,14-3)93-65-57-78(8,9)92-64-56-76(4,5)68-77(6,7)74(86)82-61-49-60-81-73(85)69-51-53-70(88-11)54-52-69/h51-54,71H,12-50,55-68H2,1-11H3,(H,80,84)(H,81,85)(H,82,86)(H,83,87). The quantitative estimate of drug-likeness (QED) is 0.0460. The Morgan fingerprint density at radius 2 is 0.903 bits per heavy atom. The summed E-state index contributed by atoms with van der Waals surface area (Å²) in [6.45, 7) is 26.6. The molecule has 0 aliphatic carbocycles. The van der Waals surface area contributed by atoms with Gasteiger partial charge in [-0.1, -0.05) is 248 Å². The molecule has 14 heteroatoms. The maximum atomic E-state index is 13.3. The second-order valence-electron chi connectivity index (χ2n) is 29.5. The van der Waals surface area contributed by atoms with E-state index in [0.29, 0.717) is 89.8 Å². The number of carbonyl (C=O) groups is 4. The van der Waals surface area contributed by atoms with Crippen LogP contribution in [-0.4, -0.2) is 114 Å². The van der Waals surface area contributed by atoms with E-state index in [1.165, 1.54) is 186 Å². The Labute approximate surface area is 572 Å². The summed E-state index contributed by atoms with van der Waals surface area (Å²) in [5, 5.41) is 12.0. The first-order chi connectivity index (χ1) is 44.8. The molecule has 544 valence electrons. The number of unbranched alkanes of at least 4 members (excludes halogenated alkanes) is 32. The van der Waals surface area contributed by atoms with Gasteiger partial charge in [-0.3, -0.25) is 14.4 Å². The molecule has 0 heterocycles. The normalized spacial score (nSPS) is 13.0. The Bertz CT molecular complexity index is 1930. The molecule has 0 bridgehead atoms. The van der Waals surface area contributed by atoms with Crippen molar-refractivity contribution >= 4 is 23.8 Å². The van der Waals surface area contributed by atoms with E-state index in [0.717, 1.165) is 70.6 Å². The van der Waals surface area contributed by atoms with Crippen molar-refractivity contribution in [1.29, 1.82) is 0 Å². The Hall–Kier alpha value is -3.46. The topological polar surface area (TPSA) is 172 Å². The number of methoxy groups -OCH3 is 1. The van der Waals surface area contributed by atoms with Crippen LogP contribution in [0.15, 0.2) is 24.3 Å². The van der Waals surface area contributed by atoms with Crippen molar-refractivity contribution < 1.29 is 47.6 Å². The molecule has 14 nitrogen and oxygen atoms in total. The van der Waals surface area contributed by atoms with Crippen molar-refractivity contribution in [3.8, 4) is 5.75 Å². The van der Waals surface area contributed by atoms with Crippen LogP contribution in [0.3, 0.4) is 0 Å². The SMILES string of the molecule is CCCCCCCCCCCCCCCCCCOCC(COC(=O)NCCCCCC(=O)NCCCC(C)(CC)OCCC(C)(C)OCCC(C)(C)CC(C)(C)C(=O)NCCCNC(=O)c1ccc(OC)cc1)OCCCCCCCCCCCCCCCCCC. The smallest absolute Gasteiger partial charge is 0.407 e. The van der Waals surface area contributed by atoms with Crippen molar-refractivity contribution in [1.82, 2.24) is 21.3 Å². The number of ether oxygens (including phenoxy) is 6. The van der Waals surface area contributed by atoms with Gasteiger partial charge in [-0.15, -0.1) is 0 Å². The van der Waals surface area contributed by atoms with E-state index in [4.69, 9.17) is 28.4 Å². The largest absolute Gasteiger partial charge is 0.497 e. The molecule has 1 aromatic carbocycles. The van der Waals surface area contributed by atoms with Gasteiger partial charge < -0.3 is 49.7 Å². The number of hydrogen-bond donors (Lipinski definition) is 4. The van der Waals surface area contributed by atoms with Crippen LogP contribution in [-0.2, 0) is 33.3 Å². The minimum atomic E-state index is -0.570. The zero-order valence-corrected chi connectivity index (χ0v) is 62.4. The molecule has 0 spiro atoms. The van der Waals surface area contributed by atoms with E-state index in [1.54, 1.807) is 31.4 Å². The summed E-state index contributed by atoms with van der Waals surface area (Å²) in [6, 6.07) is 6.98. The Kier molecular flexibility index (Phi) is 54.2. The molecule has 0 radical (unpaired) electrons. The molecule has 0 aromatic heterocycles. The molecule has 93 heavy (non-hydrogen) atoms. The van der Waals surface area contributed by atoms with E-state index < -0.39 is 11.5 Å². The van der Waals surface area contributed by atoms with Crippen LogP contribution in [0.1, 0.15) is 356 Å². The first kappa shape index (κ1) is 87.6. The van der Waals surface area contributed by atoms with E-state index in [1.807, 2.05) is 13.8 Å². The highest BCUT2D eigenvalue weighted by Gasteiger charge is 2.35. The molecular formula is C79H148N4O10. The summed E-state index contributed by atoms with van der Waals surface area (Å²) in [5.74, 6) is 0.609. The fourth-order valence-electron chi connectivity index (χ4n) is 12.3. The van der Waals surface area contributed by atoms with Crippen molar-refractivity contribution in [2.24, 2.45) is 10.8 Å². The zero-order chi connectivity index (χ0) is 68.4. The summed E-state index contributed by atoms with van der Waals surface area (Å²) in [6.07, 6.45) is 50.4. The van der Waals surface area contributed by atoms with Crippen LogP contribution < -0.4 is 26.0 Å². The van der Waals surface area contributed by atoms with Gasteiger partial charge in [0.15, 0.2) is 0 Å². The number of rotatable bonds is 67. The maximum absolute atomic E-state index is 13.3. The minimum absolute atomic E-state index is 0.00572. The van der Waals surface area contributed by atoms with Gasteiger partial charge in [0.1, 0.15) is 18.5 Å². The van der Waals surface area contributed by atoms with Crippen molar-refractivity contribution in [3.05, 3.63) is 29.8 Å². The zero-order valence-electron chi connectivity index (χ0n) is 62.4. The Morgan fingerprint density at radius 1 is 0.441 bits per heavy atom. The summed E-state index contributed by atoms with van der Waals surface area (Å²) in [7, 11) is 1.59. The molecular weight excluding hydrogens is 1160 g/mol. The fourth-order valence-corrected chi connectivity index (χ4v) is 12.3. The lowest BCUT2D eigenvalue weighted by atomic mass is 9.73. The first-order valence-corrected chi connectivity index (χ1v) is 38.7. The lowest BCUT2D eigenvalue weighted by Crippen LogP contribution is -2.41. The number of amides is 4. The van der Waals surface area contributed by atoms with Crippen LogP contribution in [0.2, 0.25) is 0 Å². The molecule has 1 aromatic rings. The average molecular weight is 1310 g/mol. The lowest BCUT2D eigenvalue weighted by Gasteiger charge is -2.35. The number of alkyl carbamates (subject to hydrolysis) is 1. The molecule has 0 fully saturated rings.